The van der Waals surface area contributed by atoms with Gasteiger partial charge in [-0.25, -0.2) is 0 Å². The summed E-state index contributed by atoms with van der Waals surface area (Å²) < 4.78 is 0. The van der Waals surface area contributed by atoms with Crippen molar-refractivity contribution in [1.29, 1.82) is 0 Å². The maximum Gasteiger partial charge on any atom is 0.147 e. The molecule has 2 rings (SSSR count). The summed E-state index contributed by atoms with van der Waals surface area (Å²) in [5.74, 6) is 0.742. The molecule has 0 atom stereocenters. The Bertz CT molecular complexity index is 508. The van der Waals surface area contributed by atoms with Gasteiger partial charge in [0.05, 0.1) is 5.75 Å². The number of carbonyl (C=O) groups excluding carboxylic acids is 1. The highest BCUT2D eigenvalue weighted by molar-refractivity contribution is 8.00. The molecular formula is C15H15NOS. The number of hydrogen-bond donors (Lipinski definition) is 0. The number of aromatic nitrogens is 1. The van der Waals surface area contributed by atoms with E-state index in [-0.39, 0.29) is 5.78 Å². The van der Waals surface area contributed by atoms with Crippen LogP contribution in [0.15, 0.2) is 53.7 Å². The highest BCUT2D eigenvalue weighted by atomic mass is 32.2. The molecule has 0 amide bonds. The van der Waals surface area contributed by atoms with E-state index >= 15 is 0 Å². The Labute approximate surface area is 111 Å². The van der Waals surface area contributed by atoms with Gasteiger partial charge in [0, 0.05) is 23.7 Å². The fourth-order valence-electron chi connectivity index (χ4n) is 1.58. The quantitative estimate of drug-likeness (QED) is 0.770. The molecule has 0 spiro atoms. The van der Waals surface area contributed by atoms with E-state index in [1.807, 2.05) is 12.1 Å². The van der Waals surface area contributed by atoms with Gasteiger partial charge in [-0.1, -0.05) is 23.8 Å². The van der Waals surface area contributed by atoms with Crippen molar-refractivity contribution in [2.24, 2.45) is 0 Å². The molecule has 18 heavy (non-hydrogen) atoms. The lowest BCUT2D eigenvalue weighted by Gasteiger charge is -2.02. The van der Waals surface area contributed by atoms with Crippen LogP contribution in [0.3, 0.4) is 0 Å². The van der Waals surface area contributed by atoms with Gasteiger partial charge in [0.1, 0.15) is 5.78 Å². The number of pyridine rings is 1. The summed E-state index contributed by atoms with van der Waals surface area (Å²) in [6, 6.07) is 12.0. The third kappa shape index (κ3) is 4.00. The van der Waals surface area contributed by atoms with Crippen LogP contribution in [-0.2, 0) is 11.2 Å². The molecular weight excluding hydrogens is 242 g/mol. The van der Waals surface area contributed by atoms with Gasteiger partial charge in [-0.2, -0.15) is 0 Å². The first-order chi connectivity index (χ1) is 8.74. The zero-order chi connectivity index (χ0) is 12.8. The maximum absolute atomic E-state index is 11.8. The molecule has 0 aliphatic rings. The van der Waals surface area contributed by atoms with Crippen LogP contribution in [-0.4, -0.2) is 16.5 Å². The van der Waals surface area contributed by atoms with E-state index in [9.17, 15) is 4.79 Å². The number of benzene rings is 1. The Morgan fingerprint density at radius 3 is 2.67 bits per heavy atom. The number of hydrogen-bond acceptors (Lipinski definition) is 3. The van der Waals surface area contributed by atoms with E-state index in [4.69, 9.17) is 0 Å². The Balaban J connectivity index is 1.83. The second-order valence-corrected chi connectivity index (χ2v) is 5.23. The van der Waals surface area contributed by atoms with Crippen LogP contribution >= 0.6 is 11.8 Å². The van der Waals surface area contributed by atoms with Gasteiger partial charge < -0.3 is 0 Å². The van der Waals surface area contributed by atoms with Crippen molar-refractivity contribution < 1.29 is 4.79 Å². The highest BCUT2D eigenvalue weighted by Crippen LogP contribution is 2.18. The van der Waals surface area contributed by atoms with Crippen molar-refractivity contribution in [3.05, 3.63) is 59.9 Å². The third-order valence-corrected chi connectivity index (χ3v) is 3.62. The lowest BCUT2D eigenvalue weighted by Crippen LogP contribution is -2.05. The minimum absolute atomic E-state index is 0.230. The molecule has 2 aromatic rings. The normalized spacial score (nSPS) is 10.3. The van der Waals surface area contributed by atoms with Crippen molar-refractivity contribution in [3.63, 3.8) is 0 Å². The van der Waals surface area contributed by atoms with E-state index < -0.39 is 0 Å². The first kappa shape index (κ1) is 12.8. The van der Waals surface area contributed by atoms with E-state index in [0.29, 0.717) is 12.2 Å². The molecule has 0 bridgehead atoms. The average molecular weight is 257 g/mol. The Morgan fingerprint density at radius 1 is 1.22 bits per heavy atom. The third-order valence-electron chi connectivity index (χ3n) is 2.54. The van der Waals surface area contributed by atoms with Crippen molar-refractivity contribution >= 4 is 17.5 Å². The minimum Gasteiger partial charge on any atom is -0.298 e. The van der Waals surface area contributed by atoms with Crippen molar-refractivity contribution in [2.45, 2.75) is 18.2 Å². The molecule has 0 aliphatic heterocycles. The average Bonchev–Trinajstić information content (AvgIpc) is 2.39. The number of thioether (sulfide) groups is 1. The molecule has 0 N–H and O–H groups in total. The van der Waals surface area contributed by atoms with Gasteiger partial charge in [0.25, 0.3) is 0 Å². The van der Waals surface area contributed by atoms with Crippen molar-refractivity contribution in [3.8, 4) is 0 Å². The molecule has 1 aromatic carbocycles. The summed E-state index contributed by atoms with van der Waals surface area (Å²) in [4.78, 5) is 16.9. The van der Waals surface area contributed by atoms with Crippen LogP contribution in [0.2, 0.25) is 0 Å². The molecule has 92 valence electrons. The summed E-state index contributed by atoms with van der Waals surface area (Å²) in [5.41, 5.74) is 2.22. The molecule has 0 saturated heterocycles. The van der Waals surface area contributed by atoms with Crippen LogP contribution in [0.4, 0.5) is 0 Å². The molecule has 1 heterocycles. The first-order valence-electron chi connectivity index (χ1n) is 5.84. The van der Waals surface area contributed by atoms with Crippen LogP contribution in [0.25, 0.3) is 0 Å². The predicted octanol–water partition coefficient (Wildman–Crippen LogP) is 3.29. The predicted molar refractivity (Wildman–Crippen MR) is 74.9 cm³/mol. The number of Topliss-reactive ketones (excluding diaryl/α,β-unsaturated/α-hetero) is 1. The molecule has 3 heteroatoms. The second-order valence-electron chi connectivity index (χ2n) is 4.18. The van der Waals surface area contributed by atoms with Gasteiger partial charge in [-0.05, 0) is 30.7 Å². The smallest absolute Gasteiger partial charge is 0.147 e. The minimum atomic E-state index is 0.230. The molecule has 0 fully saturated rings. The summed E-state index contributed by atoms with van der Waals surface area (Å²) in [5, 5.41) is 0. The van der Waals surface area contributed by atoms with E-state index in [2.05, 4.69) is 36.2 Å². The number of rotatable bonds is 5. The molecule has 0 aliphatic carbocycles. The maximum atomic E-state index is 11.8. The SMILES string of the molecule is Cc1ccc(SCC(=O)Cc2cccnc2)cc1. The number of aryl methyl sites for hydroxylation is 1. The van der Waals surface area contributed by atoms with Gasteiger partial charge in [0.15, 0.2) is 0 Å². The molecule has 1 aromatic heterocycles. The number of nitrogens with zero attached hydrogens (tertiary/aromatic N) is 1. The fraction of sp³-hybridized carbons (Fsp3) is 0.200. The van der Waals surface area contributed by atoms with Gasteiger partial charge in [-0.15, -0.1) is 11.8 Å². The Hall–Kier alpha value is -1.61. The van der Waals surface area contributed by atoms with E-state index in [1.165, 1.54) is 5.56 Å². The molecule has 0 radical (unpaired) electrons. The standard InChI is InChI=1S/C15H15NOS/c1-12-4-6-15(7-5-12)18-11-14(17)9-13-3-2-8-16-10-13/h2-8,10H,9,11H2,1H3. The van der Waals surface area contributed by atoms with Gasteiger partial charge in [-0.3, -0.25) is 9.78 Å². The number of carbonyl (C=O) groups is 1. The Morgan fingerprint density at radius 2 is 2.00 bits per heavy atom. The molecule has 0 saturated carbocycles. The highest BCUT2D eigenvalue weighted by Gasteiger charge is 2.04. The first-order valence-corrected chi connectivity index (χ1v) is 6.82. The zero-order valence-corrected chi connectivity index (χ0v) is 11.1. The van der Waals surface area contributed by atoms with Crippen molar-refractivity contribution in [1.82, 2.24) is 4.98 Å². The summed E-state index contributed by atoms with van der Waals surface area (Å²) in [6.07, 6.45) is 3.93. The zero-order valence-electron chi connectivity index (χ0n) is 10.3. The van der Waals surface area contributed by atoms with Crippen LogP contribution in [0, 0.1) is 6.92 Å². The summed E-state index contributed by atoms with van der Waals surface area (Å²) in [6.45, 7) is 2.06. The van der Waals surface area contributed by atoms with Crippen LogP contribution < -0.4 is 0 Å². The van der Waals surface area contributed by atoms with Gasteiger partial charge >= 0.3 is 0 Å². The Kier molecular flexibility index (Phi) is 4.53. The second kappa shape index (κ2) is 6.36. The van der Waals surface area contributed by atoms with E-state index in [0.717, 1.165) is 10.5 Å². The van der Waals surface area contributed by atoms with Crippen LogP contribution in [0.5, 0.6) is 0 Å². The monoisotopic (exact) mass is 257 g/mol. The fourth-order valence-corrected chi connectivity index (χ4v) is 2.34. The van der Waals surface area contributed by atoms with Crippen molar-refractivity contribution in [2.75, 3.05) is 5.75 Å². The summed E-state index contributed by atoms with van der Waals surface area (Å²) in [7, 11) is 0. The largest absolute Gasteiger partial charge is 0.298 e. The molecule has 2 nitrogen and oxygen atoms in total. The lowest BCUT2D eigenvalue weighted by molar-refractivity contribution is -0.116. The van der Waals surface area contributed by atoms with Gasteiger partial charge in [0.2, 0.25) is 0 Å². The number of ketones is 1. The topological polar surface area (TPSA) is 30.0 Å². The lowest BCUT2D eigenvalue weighted by atomic mass is 10.2. The molecule has 0 unspecified atom stereocenters. The van der Waals surface area contributed by atoms with Crippen LogP contribution in [0.1, 0.15) is 11.1 Å². The summed E-state index contributed by atoms with van der Waals surface area (Å²) >= 11 is 1.59. The van der Waals surface area contributed by atoms with E-state index in [1.54, 1.807) is 24.2 Å².